The molecule has 0 heterocycles. The predicted molar refractivity (Wildman–Crippen MR) is 99.2 cm³/mol. The monoisotopic (exact) mass is 314 g/mol. The maximum absolute atomic E-state index is 2.41. The van der Waals surface area contributed by atoms with Crippen molar-refractivity contribution in [1.29, 1.82) is 0 Å². The van der Waals surface area contributed by atoms with Crippen molar-refractivity contribution in [2.45, 2.75) is 12.8 Å². The Morgan fingerprint density at radius 3 is 1.84 bits per heavy atom. The Kier molecular flexibility index (Phi) is 9.49. The molecule has 0 amide bonds. The Balaban J connectivity index is 2.45. The van der Waals surface area contributed by atoms with E-state index < -0.39 is 0 Å². The smallest absolute Gasteiger partial charge is 0.0240 e. The van der Waals surface area contributed by atoms with Gasteiger partial charge in [-0.15, -0.1) is 15.8 Å². The molecular formula is C16H29P3. The fraction of sp³-hybridized carbons (Fsp3) is 0.625. The minimum atomic E-state index is 0.104. The van der Waals surface area contributed by atoms with Crippen LogP contribution in [0.5, 0.6) is 0 Å². The summed E-state index contributed by atoms with van der Waals surface area (Å²) in [6.45, 7) is 9.62. The molecule has 0 fully saturated rings. The van der Waals surface area contributed by atoms with Gasteiger partial charge in [0.25, 0.3) is 0 Å². The van der Waals surface area contributed by atoms with Gasteiger partial charge in [-0.2, -0.15) is 0 Å². The summed E-state index contributed by atoms with van der Waals surface area (Å²) in [6, 6.07) is 11.3. The Labute approximate surface area is 124 Å². The van der Waals surface area contributed by atoms with Gasteiger partial charge in [0.1, 0.15) is 0 Å². The van der Waals surface area contributed by atoms with Crippen LogP contribution in [0.2, 0.25) is 0 Å². The van der Waals surface area contributed by atoms with Crippen molar-refractivity contribution in [2.75, 3.05) is 51.3 Å². The van der Waals surface area contributed by atoms with Crippen LogP contribution in [0.25, 0.3) is 0 Å². The predicted octanol–water partition coefficient (Wildman–Crippen LogP) is 5.06. The molecule has 1 aromatic rings. The molecule has 0 N–H and O–H groups in total. The molecule has 0 spiro atoms. The third-order valence-corrected chi connectivity index (χ3v) is 8.55. The highest BCUT2D eigenvalue weighted by atomic mass is 31.1. The summed E-state index contributed by atoms with van der Waals surface area (Å²) < 4.78 is 0. The van der Waals surface area contributed by atoms with Crippen molar-refractivity contribution >= 4 is 29.1 Å². The van der Waals surface area contributed by atoms with Crippen molar-refractivity contribution in [3.05, 3.63) is 30.3 Å². The summed E-state index contributed by atoms with van der Waals surface area (Å²) in [4.78, 5) is 0. The molecule has 3 heteroatoms. The summed E-state index contributed by atoms with van der Waals surface area (Å²) in [5, 5.41) is 1.63. The third kappa shape index (κ3) is 8.40. The standard InChI is InChI=1S/C16H29P3/c1-17(2)12-8-9-13-19(15-14-18(3)4)16-10-6-5-7-11-16/h5-7,10-11H,8-9,12-15H2,1-4H3. The summed E-state index contributed by atoms with van der Waals surface area (Å²) >= 11 is 0. The van der Waals surface area contributed by atoms with E-state index in [0.717, 1.165) is 0 Å². The molecule has 1 rings (SSSR count). The molecule has 1 atom stereocenters. The van der Waals surface area contributed by atoms with Gasteiger partial charge in [-0.3, -0.25) is 0 Å². The zero-order valence-electron chi connectivity index (χ0n) is 13.0. The molecule has 0 aliphatic carbocycles. The number of unbranched alkanes of at least 4 members (excludes halogenated alkanes) is 1. The van der Waals surface area contributed by atoms with Crippen molar-refractivity contribution in [3.8, 4) is 0 Å². The lowest BCUT2D eigenvalue weighted by Crippen LogP contribution is -2.08. The van der Waals surface area contributed by atoms with E-state index in [1.807, 2.05) is 0 Å². The molecule has 0 aliphatic heterocycles. The van der Waals surface area contributed by atoms with Crippen LogP contribution in [0.3, 0.4) is 0 Å². The van der Waals surface area contributed by atoms with Gasteiger partial charge in [-0.05, 0) is 69.5 Å². The van der Waals surface area contributed by atoms with Gasteiger partial charge < -0.3 is 0 Å². The van der Waals surface area contributed by atoms with E-state index in [-0.39, 0.29) is 15.8 Å². The van der Waals surface area contributed by atoms with Gasteiger partial charge in [-0.1, -0.05) is 38.3 Å². The molecule has 0 aromatic heterocycles. The molecule has 0 saturated heterocycles. The molecular weight excluding hydrogens is 285 g/mol. The molecule has 19 heavy (non-hydrogen) atoms. The zero-order chi connectivity index (χ0) is 14.1. The lowest BCUT2D eigenvalue weighted by atomic mass is 10.4. The first-order valence-electron chi connectivity index (χ1n) is 7.19. The Morgan fingerprint density at radius 2 is 1.26 bits per heavy atom. The van der Waals surface area contributed by atoms with Gasteiger partial charge in [0.2, 0.25) is 0 Å². The number of hydrogen-bond donors (Lipinski definition) is 0. The Morgan fingerprint density at radius 1 is 0.684 bits per heavy atom. The molecule has 0 nitrogen and oxygen atoms in total. The average Bonchev–Trinajstić information content (AvgIpc) is 2.38. The van der Waals surface area contributed by atoms with E-state index in [4.69, 9.17) is 0 Å². The summed E-state index contributed by atoms with van der Waals surface area (Å²) in [5.74, 6) is 0. The number of benzene rings is 1. The molecule has 0 bridgehead atoms. The fourth-order valence-electron chi connectivity index (χ4n) is 2.06. The first-order valence-corrected chi connectivity index (χ1v) is 13.7. The van der Waals surface area contributed by atoms with Crippen molar-refractivity contribution in [3.63, 3.8) is 0 Å². The van der Waals surface area contributed by atoms with E-state index in [0.29, 0.717) is 7.92 Å². The molecule has 0 radical (unpaired) electrons. The maximum Gasteiger partial charge on any atom is -0.0240 e. The van der Waals surface area contributed by atoms with Crippen LogP contribution in [0.15, 0.2) is 30.3 Å². The van der Waals surface area contributed by atoms with Crippen LogP contribution < -0.4 is 5.30 Å². The highest BCUT2D eigenvalue weighted by molar-refractivity contribution is 7.67. The van der Waals surface area contributed by atoms with Gasteiger partial charge in [0, 0.05) is 0 Å². The highest BCUT2D eigenvalue weighted by Gasteiger charge is 2.11. The summed E-state index contributed by atoms with van der Waals surface area (Å²) in [6.07, 6.45) is 8.69. The third-order valence-electron chi connectivity index (χ3n) is 3.22. The van der Waals surface area contributed by atoms with E-state index >= 15 is 0 Å². The minimum absolute atomic E-state index is 0.104. The van der Waals surface area contributed by atoms with Crippen molar-refractivity contribution in [2.24, 2.45) is 0 Å². The fourth-order valence-corrected chi connectivity index (χ4v) is 7.42. The van der Waals surface area contributed by atoms with Crippen LogP contribution in [-0.2, 0) is 0 Å². The molecule has 1 unspecified atom stereocenters. The van der Waals surface area contributed by atoms with Crippen LogP contribution >= 0.6 is 23.8 Å². The van der Waals surface area contributed by atoms with E-state index in [2.05, 4.69) is 57.0 Å². The number of rotatable bonds is 9. The Hall–Kier alpha value is 0.510. The normalized spacial score (nSPS) is 13.2. The highest BCUT2D eigenvalue weighted by Crippen LogP contribution is 2.40. The second kappa shape index (κ2) is 10.3. The lowest BCUT2D eigenvalue weighted by Gasteiger charge is -2.19. The van der Waals surface area contributed by atoms with Crippen molar-refractivity contribution in [1.82, 2.24) is 0 Å². The van der Waals surface area contributed by atoms with Crippen LogP contribution in [0.1, 0.15) is 12.8 Å². The van der Waals surface area contributed by atoms with E-state index in [1.165, 1.54) is 37.5 Å². The number of hydrogen-bond acceptors (Lipinski definition) is 0. The van der Waals surface area contributed by atoms with Gasteiger partial charge in [0.15, 0.2) is 0 Å². The first-order chi connectivity index (χ1) is 9.09. The zero-order valence-corrected chi connectivity index (χ0v) is 15.7. The topological polar surface area (TPSA) is 0 Å². The quantitative estimate of drug-likeness (QED) is 0.441. The van der Waals surface area contributed by atoms with Gasteiger partial charge in [-0.25, -0.2) is 0 Å². The molecule has 0 aliphatic rings. The Bertz CT molecular complexity index is 322. The molecule has 0 saturated carbocycles. The van der Waals surface area contributed by atoms with Crippen LogP contribution in [0, 0.1) is 0 Å². The summed E-state index contributed by atoms with van der Waals surface area (Å²) in [5.41, 5.74) is 0. The summed E-state index contributed by atoms with van der Waals surface area (Å²) in [7, 11) is 0.678. The second-order valence-corrected chi connectivity index (χ2v) is 13.3. The molecule has 1 aromatic carbocycles. The van der Waals surface area contributed by atoms with E-state index in [1.54, 1.807) is 5.30 Å². The SMILES string of the molecule is CP(C)CCCCP(CCP(C)C)c1ccccc1. The van der Waals surface area contributed by atoms with Gasteiger partial charge in [0.05, 0.1) is 0 Å². The first kappa shape index (κ1) is 17.6. The molecule has 108 valence electrons. The lowest BCUT2D eigenvalue weighted by molar-refractivity contribution is 0.898. The average molecular weight is 314 g/mol. The largest absolute Gasteiger partial charge is 0.113 e. The maximum atomic E-state index is 2.41. The van der Waals surface area contributed by atoms with Crippen molar-refractivity contribution < 1.29 is 0 Å². The minimum Gasteiger partial charge on any atom is -0.113 e. The van der Waals surface area contributed by atoms with Gasteiger partial charge >= 0.3 is 0 Å². The van der Waals surface area contributed by atoms with Crippen LogP contribution in [0.4, 0.5) is 0 Å². The van der Waals surface area contributed by atoms with Crippen LogP contribution in [-0.4, -0.2) is 51.3 Å². The second-order valence-electron chi connectivity index (χ2n) is 5.64. The van der Waals surface area contributed by atoms with E-state index in [9.17, 15) is 0 Å².